The standard InChI is InChI=1S/C17H18N6/c1-2-4-17-16(3-1)5-8-22(17)12-15(11-21-9-6-18-14-21)13-23-10-7-19-20-23/h1-10,14-15H,11-13H2. The fourth-order valence-corrected chi connectivity index (χ4v) is 3.04. The first-order valence-electron chi connectivity index (χ1n) is 7.72. The van der Waals surface area contributed by atoms with Gasteiger partial charge in [0.15, 0.2) is 0 Å². The number of fused-ring (bicyclic) bond motifs is 1. The smallest absolute Gasteiger partial charge is 0.0946 e. The molecule has 3 aromatic heterocycles. The third-order valence-electron chi connectivity index (χ3n) is 4.08. The third kappa shape index (κ3) is 3.01. The van der Waals surface area contributed by atoms with Crippen LogP contribution >= 0.6 is 0 Å². The molecule has 0 spiro atoms. The van der Waals surface area contributed by atoms with Gasteiger partial charge in [-0.15, -0.1) is 5.10 Å². The van der Waals surface area contributed by atoms with Gasteiger partial charge in [-0.05, 0) is 17.5 Å². The molecule has 4 aromatic rings. The zero-order valence-electron chi connectivity index (χ0n) is 12.7. The van der Waals surface area contributed by atoms with Gasteiger partial charge in [0.05, 0.1) is 12.5 Å². The van der Waals surface area contributed by atoms with E-state index in [-0.39, 0.29) is 0 Å². The van der Waals surface area contributed by atoms with E-state index in [1.165, 1.54) is 10.9 Å². The van der Waals surface area contributed by atoms with Crippen molar-refractivity contribution in [1.82, 2.24) is 29.1 Å². The van der Waals surface area contributed by atoms with Crippen LogP contribution in [0.15, 0.2) is 67.6 Å². The lowest BCUT2D eigenvalue weighted by atomic mass is 10.1. The van der Waals surface area contributed by atoms with Crippen LogP contribution in [0.3, 0.4) is 0 Å². The number of rotatable bonds is 6. The van der Waals surface area contributed by atoms with Gasteiger partial charge in [-0.25, -0.2) is 4.98 Å². The van der Waals surface area contributed by atoms with Crippen molar-refractivity contribution in [2.45, 2.75) is 19.6 Å². The maximum atomic E-state index is 4.14. The summed E-state index contributed by atoms with van der Waals surface area (Å²) < 4.78 is 6.33. The van der Waals surface area contributed by atoms with Gasteiger partial charge in [-0.1, -0.05) is 23.4 Å². The van der Waals surface area contributed by atoms with Gasteiger partial charge < -0.3 is 9.13 Å². The zero-order valence-corrected chi connectivity index (χ0v) is 12.7. The predicted molar refractivity (Wildman–Crippen MR) is 87.7 cm³/mol. The summed E-state index contributed by atoms with van der Waals surface area (Å²) in [7, 11) is 0. The number of imidazole rings is 1. The van der Waals surface area contributed by atoms with Gasteiger partial charge in [-0.3, -0.25) is 4.68 Å². The van der Waals surface area contributed by atoms with Crippen LogP contribution in [0.1, 0.15) is 0 Å². The summed E-state index contributed by atoms with van der Waals surface area (Å²) in [5.74, 6) is 0.390. The van der Waals surface area contributed by atoms with E-state index in [0.717, 1.165) is 19.6 Å². The summed E-state index contributed by atoms with van der Waals surface area (Å²) in [5, 5.41) is 9.29. The van der Waals surface area contributed by atoms with Crippen LogP contribution in [0.5, 0.6) is 0 Å². The molecule has 0 aliphatic heterocycles. The zero-order chi connectivity index (χ0) is 15.5. The number of nitrogens with zero attached hydrogens (tertiary/aromatic N) is 6. The van der Waals surface area contributed by atoms with Gasteiger partial charge >= 0.3 is 0 Å². The first-order valence-corrected chi connectivity index (χ1v) is 7.72. The third-order valence-corrected chi connectivity index (χ3v) is 4.08. The van der Waals surface area contributed by atoms with Crippen molar-refractivity contribution in [1.29, 1.82) is 0 Å². The maximum Gasteiger partial charge on any atom is 0.0946 e. The molecular formula is C17H18N6. The second kappa shape index (κ2) is 6.08. The monoisotopic (exact) mass is 306 g/mol. The normalized spacial score (nSPS) is 12.7. The number of aromatic nitrogens is 6. The minimum atomic E-state index is 0.390. The summed E-state index contributed by atoms with van der Waals surface area (Å²) in [5.41, 5.74) is 1.27. The van der Waals surface area contributed by atoms with E-state index in [2.05, 4.69) is 61.0 Å². The predicted octanol–water partition coefficient (Wildman–Crippen LogP) is 2.45. The second-order valence-electron chi connectivity index (χ2n) is 5.78. The van der Waals surface area contributed by atoms with Crippen molar-refractivity contribution in [2.75, 3.05) is 0 Å². The summed E-state index contributed by atoms with van der Waals surface area (Å²) in [6.07, 6.45) is 11.5. The molecule has 0 bridgehead atoms. The van der Waals surface area contributed by atoms with E-state index in [1.54, 1.807) is 6.20 Å². The van der Waals surface area contributed by atoms with Crippen LogP contribution in [-0.4, -0.2) is 29.1 Å². The van der Waals surface area contributed by atoms with Gasteiger partial charge in [0.25, 0.3) is 0 Å². The molecule has 6 heteroatoms. The lowest BCUT2D eigenvalue weighted by Crippen LogP contribution is -2.22. The van der Waals surface area contributed by atoms with E-state index in [0.29, 0.717) is 5.92 Å². The lowest BCUT2D eigenvalue weighted by Gasteiger charge is -2.19. The van der Waals surface area contributed by atoms with Crippen molar-refractivity contribution in [3.8, 4) is 0 Å². The average Bonchev–Trinajstić information content (AvgIpc) is 3.30. The molecule has 1 atom stereocenters. The van der Waals surface area contributed by atoms with Crippen LogP contribution in [-0.2, 0) is 19.6 Å². The second-order valence-corrected chi connectivity index (χ2v) is 5.78. The highest BCUT2D eigenvalue weighted by Crippen LogP contribution is 2.18. The molecule has 0 fully saturated rings. The molecular weight excluding hydrogens is 288 g/mol. The molecule has 1 aromatic carbocycles. The molecule has 0 saturated heterocycles. The molecule has 0 aliphatic carbocycles. The van der Waals surface area contributed by atoms with E-state index >= 15 is 0 Å². The van der Waals surface area contributed by atoms with Gasteiger partial charge in [0.1, 0.15) is 0 Å². The minimum Gasteiger partial charge on any atom is -0.347 e. The summed E-state index contributed by atoms with van der Waals surface area (Å²) in [6, 6.07) is 10.6. The molecule has 0 aliphatic rings. The Morgan fingerprint density at radius 1 is 0.913 bits per heavy atom. The Morgan fingerprint density at radius 2 is 1.87 bits per heavy atom. The SMILES string of the molecule is c1ccc2c(c1)ccn2CC(Cn1ccnc1)Cn1ccnn1. The van der Waals surface area contributed by atoms with Gasteiger partial charge in [-0.2, -0.15) is 0 Å². The van der Waals surface area contributed by atoms with Crippen molar-refractivity contribution >= 4 is 10.9 Å². The number of hydrogen-bond acceptors (Lipinski definition) is 3. The molecule has 0 amide bonds. The Hall–Kier alpha value is -2.89. The minimum absolute atomic E-state index is 0.390. The molecule has 0 N–H and O–H groups in total. The van der Waals surface area contributed by atoms with Gasteiger partial charge in [0.2, 0.25) is 0 Å². The molecule has 4 rings (SSSR count). The first-order chi connectivity index (χ1) is 11.4. The number of hydrogen-bond donors (Lipinski definition) is 0. The van der Waals surface area contributed by atoms with Crippen molar-refractivity contribution in [2.24, 2.45) is 5.92 Å². The molecule has 6 nitrogen and oxygen atoms in total. The first kappa shape index (κ1) is 13.8. The molecule has 116 valence electrons. The Morgan fingerprint density at radius 3 is 2.70 bits per heavy atom. The van der Waals surface area contributed by atoms with Crippen molar-refractivity contribution < 1.29 is 0 Å². The number of benzene rings is 1. The lowest BCUT2D eigenvalue weighted by molar-refractivity contribution is 0.325. The molecule has 0 saturated carbocycles. The Kier molecular flexibility index (Phi) is 3.63. The fraction of sp³-hybridized carbons (Fsp3) is 0.235. The van der Waals surface area contributed by atoms with Crippen LogP contribution < -0.4 is 0 Å². The van der Waals surface area contributed by atoms with E-state index < -0.39 is 0 Å². The highest BCUT2D eigenvalue weighted by atomic mass is 15.4. The number of para-hydroxylation sites is 1. The summed E-state index contributed by atoms with van der Waals surface area (Å²) in [4.78, 5) is 4.14. The highest BCUT2D eigenvalue weighted by molar-refractivity contribution is 5.79. The molecule has 0 radical (unpaired) electrons. The fourth-order valence-electron chi connectivity index (χ4n) is 3.04. The molecule has 23 heavy (non-hydrogen) atoms. The van der Waals surface area contributed by atoms with Crippen LogP contribution in [0, 0.1) is 5.92 Å². The van der Waals surface area contributed by atoms with E-state index in [4.69, 9.17) is 0 Å². The summed E-state index contributed by atoms with van der Waals surface area (Å²) in [6.45, 7) is 2.64. The molecule has 3 heterocycles. The van der Waals surface area contributed by atoms with Crippen LogP contribution in [0.4, 0.5) is 0 Å². The average molecular weight is 306 g/mol. The van der Waals surface area contributed by atoms with E-state index in [1.807, 2.05) is 29.6 Å². The quantitative estimate of drug-likeness (QED) is 0.550. The Bertz CT molecular complexity index is 823. The Balaban J connectivity index is 1.59. The van der Waals surface area contributed by atoms with Crippen LogP contribution in [0.25, 0.3) is 10.9 Å². The topological polar surface area (TPSA) is 53.5 Å². The highest BCUT2D eigenvalue weighted by Gasteiger charge is 2.13. The van der Waals surface area contributed by atoms with Gasteiger partial charge in [0, 0.05) is 55.9 Å². The maximum absolute atomic E-state index is 4.14. The van der Waals surface area contributed by atoms with Crippen LogP contribution in [0.2, 0.25) is 0 Å². The molecule has 1 unspecified atom stereocenters. The van der Waals surface area contributed by atoms with E-state index in [9.17, 15) is 0 Å². The van der Waals surface area contributed by atoms with Crippen molar-refractivity contribution in [3.63, 3.8) is 0 Å². The Labute approximate surface area is 134 Å². The van der Waals surface area contributed by atoms with Crippen molar-refractivity contribution in [3.05, 3.63) is 67.6 Å². The largest absolute Gasteiger partial charge is 0.347 e. The summed E-state index contributed by atoms with van der Waals surface area (Å²) >= 11 is 0.